The number of halogens is 1. The van der Waals surface area contributed by atoms with E-state index in [2.05, 4.69) is 20.9 Å². The summed E-state index contributed by atoms with van der Waals surface area (Å²) in [6, 6.07) is 11.1. The summed E-state index contributed by atoms with van der Waals surface area (Å²) in [5.74, 6) is 0.909. The van der Waals surface area contributed by atoms with Gasteiger partial charge in [-0.05, 0) is 36.4 Å². The van der Waals surface area contributed by atoms with Gasteiger partial charge in [-0.3, -0.25) is 0 Å². The van der Waals surface area contributed by atoms with Gasteiger partial charge in [0.2, 0.25) is 0 Å². The van der Waals surface area contributed by atoms with Gasteiger partial charge in [-0.25, -0.2) is 4.98 Å². The van der Waals surface area contributed by atoms with Crippen LogP contribution in [0.25, 0.3) is 20.8 Å². The first kappa shape index (κ1) is 12.4. The summed E-state index contributed by atoms with van der Waals surface area (Å²) in [5.41, 5.74) is 1.61. The number of aromatic hydroxyl groups is 1. The Morgan fingerprint density at radius 2 is 2.05 bits per heavy atom. The number of hydrogen-bond donors (Lipinski definition) is 1. The lowest BCUT2D eigenvalue weighted by molar-refractivity contribution is 0.412. The van der Waals surface area contributed by atoms with Gasteiger partial charge >= 0.3 is 0 Å². The summed E-state index contributed by atoms with van der Waals surface area (Å²) >= 11 is 4.99. The average Bonchev–Trinajstić information content (AvgIpc) is 2.82. The van der Waals surface area contributed by atoms with Gasteiger partial charge in [-0.2, -0.15) is 0 Å². The topological polar surface area (TPSA) is 42.4 Å². The van der Waals surface area contributed by atoms with Crippen LogP contribution in [0.2, 0.25) is 0 Å². The monoisotopic (exact) mass is 335 g/mol. The van der Waals surface area contributed by atoms with Crippen molar-refractivity contribution in [2.45, 2.75) is 0 Å². The predicted octanol–water partition coefficient (Wildman–Crippen LogP) is 4.44. The summed E-state index contributed by atoms with van der Waals surface area (Å²) in [7, 11) is 1.60. The van der Waals surface area contributed by atoms with Crippen LogP contribution in [0.4, 0.5) is 0 Å². The second kappa shape index (κ2) is 4.83. The molecule has 0 amide bonds. The number of benzene rings is 2. The highest BCUT2D eigenvalue weighted by Crippen LogP contribution is 2.37. The first-order chi connectivity index (χ1) is 9.17. The molecule has 1 heterocycles. The van der Waals surface area contributed by atoms with Gasteiger partial charge in [0.15, 0.2) is 0 Å². The number of rotatable bonds is 2. The summed E-state index contributed by atoms with van der Waals surface area (Å²) in [5, 5.41) is 10.7. The fraction of sp³-hybridized carbons (Fsp3) is 0.0714. The highest BCUT2D eigenvalue weighted by Gasteiger charge is 2.11. The van der Waals surface area contributed by atoms with E-state index < -0.39 is 0 Å². The second-order valence-corrected chi connectivity index (χ2v) is 5.96. The molecule has 0 atom stereocenters. The van der Waals surface area contributed by atoms with E-state index >= 15 is 0 Å². The van der Waals surface area contributed by atoms with Crippen LogP contribution in [0.1, 0.15) is 0 Å². The van der Waals surface area contributed by atoms with Gasteiger partial charge in [-0.15, -0.1) is 11.3 Å². The zero-order valence-electron chi connectivity index (χ0n) is 10.1. The number of hydrogen-bond acceptors (Lipinski definition) is 4. The third-order valence-electron chi connectivity index (χ3n) is 2.78. The standard InChI is InChI=1S/C14H10BrNO2S/c1-18-9-3-5-12(17)10(7-9)14-16-11-4-2-8(15)6-13(11)19-14/h2-7,17H,1H3. The van der Waals surface area contributed by atoms with Crippen LogP contribution in [0.3, 0.4) is 0 Å². The van der Waals surface area contributed by atoms with E-state index in [1.807, 2.05) is 18.2 Å². The van der Waals surface area contributed by atoms with Crippen LogP contribution in [0, 0.1) is 0 Å². The quantitative estimate of drug-likeness (QED) is 0.752. The molecule has 0 aliphatic carbocycles. The second-order valence-electron chi connectivity index (χ2n) is 4.01. The molecule has 3 rings (SSSR count). The van der Waals surface area contributed by atoms with Crippen LogP contribution in [0.15, 0.2) is 40.9 Å². The van der Waals surface area contributed by atoms with Crippen molar-refractivity contribution in [1.82, 2.24) is 4.98 Å². The molecule has 1 aromatic heterocycles. The third kappa shape index (κ3) is 2.31. The smallest absolute Gasteiger partial charge is 0.128 e. The molecule has 0 spiro atoms. The number of phenolic OH excluding ortho intramolecular Hbond substituents is 1. The zero-order chi connectivity index (χ0) is 13.4. The lowest BCUT2D eigenvalue weighted by Gasteiger charge is -2.04. The molecule has 2 aromatic carbocycles. The van der Waals surface area contributed by atoms with Crippen molar-refractivity contribution in [1.29, 1.82) is 0 Å². The van der Waals surface area contributed by atoms with E-state index in [9.17, 15) is 5.11 Å². The largest absolute Gasteiger partial charge is 0.507 e. The normalized spacial score (nSPS) is 10.8. The molecule has 0 aliphatic rings. The molecule has 0 fully saturated rings. The highest BCUT2D eigenvalue weighted by molar-refractivity contribution is 9.10. The van der Waals surface area contributed by atoms with E-state index in [-0.39, 0.29) is 5.75 Å². The summed E-state index contributed by atoms with van der Waals surface area (Å²) < 4.78 is 7.28. The summed E-state index contributed by atoms with van der Waals surface area (Å²) in [6.07, 6.45) is 0. The molecule has 0 radical (unpaired) electrons. The number of aromatic nitrogens is 1. The summed E-state index contributed by atoms with van der Waals surface area (Å²) in [6.45, 7) is 0. The van der Waals surface area contributed by atoms with Crippen LogP contribution in [-0.2, 0) is 0 Å². The minimum Gasteiger partial charge on any atom is -0.507 e. The fourth-order valence-electron chi connectivity index (χ4n) is 1.83. The molecule has 0 saturated heterocycles. The van der Waals surface area contributed by atoms with E-state index in [1.54, 1.807) is 36.6 Å². The molecule has 0 bridgehead atoms. The molecule has 3 nitrogen and oxygen atoms in total. The fourth-order valence-corrected chi connectivity index (χ4v) is 3.37. The van der Waals surface area contributed by atoms with E-state index in [1.165, 1.54) is 0 Å². The molecule has 19 heavy (non-hydrogen) atoms. The Balaban J connectivity index is 2.18. The van der Waals surface area contributed by atoms with Gasteiger partial charge < -0.3 is 9.84 Å². The van der Waals surface area contributed by atoms with Crippen molar-refractivity contribution < 1.29 is 9.84 Å². The van der Waals surface area contributed by atoms with Crippen molar-refractivity contribution in [2.24, 2.45) is 0 Å². The Hall–Kier alpha value is -1.59. The highest BCUT2D eigenvalue weighted by atomic mass is 79.9. The van der Waals surface area contributed by atoms with E-state index in [0.717, 1.165) is 19.7 Å². The maximum Gasteiger partial charge on any atom is 0.128 e. The molecule has 3 aromatic rings. The molecule has 0 unspecified atom stereocenters. The zero-order valence-corrected chi connectivity index (χ0v) is 12.5. The minimum atomic E-state index is 0.207. The number of ether oxygens (including phenoxy) is 1. The van der Waals surface area contributed by atoms with Crippen molar-refractivity contribution in [2.75, 3.05) is 7.11 Å². The molecular weight excluding hydrogens is 326 g/mol. The van der Waals surface area contributed by atoms with Crippen LogP contribution in [0.5, 0.6) is 11.5 Å². The molecule has 0 aliphatic heterocycles. The Bertz CT molecular complexity index is 754. The molecular formula is C14H10BrNO2S. The Kier molecular flexibility index (Phi) is 3.16. The number of fused-ring (bicyclic) bond motifs is 1. The number of thiazole rings is 1. The predicted molar refractivity (Wildman–Crippen MR) is 81.0 cm³/mol. The third-order valence-corrected chi connectivity index (χ3v) is 4.33. The Morgan fingerprint density at radius 3 is 2.84 bits per heavy atom. The maximum atomic E-state index is 9.97. The first-order valence-electron chi connectivity index (χ1n) is 5.61. The molecule has 1 N–H and O–H groups in total. The van der Waals surface area contributed by atoms with Crippen molar-refractivity contribution >= 4 is 37.5 Å². The van der Waals surface area contributed by atoms with Crippen molar-refractivity contribution in [3.63, 3.8) is 0 Å². The maximum absolute atomic E-state index is 9.97. The lowest BCUT2D eigenvalue weighted by atomic mass is 10.2. The summed E-state index contributed by atoms with van der Waals surface area (Å²) in [4.78, 5) is 4.54. The van der Waals surface area contributed by atoms with Gasteiger partial charge in [0.25, 0.3) is 0 Å². The lowest BCUT2D eigenvalue weighted by Crippen LogP contribution is -1.84. The van der Waals surface area contributed by atoms with Crippen LogP contribution < -0.4 is 4.74 Å². The number of methoxy groups -OCH3 is 1. The van der Waals surface area contributed by atoms with Gasteiger partial charge in [0.05, 0.1) is 22.9 Å². The van der Waals surface area contributed by atoms with Crippen molar-refractivity contribution in [3.05, 3.63) is 40.9 Å². The minimum absolute atomic E-state index is 0.207. The van der Waals surface area contributed by atoms with Gasteiger partial charge in [-0.1, -0.05) is 15.9 Å². The Morgan fingerprint density at radius 1 is 1.21 bits per heavy atom. The first-order valence-corrected chi connectivity index (χ1v) is 7.22. The van der Waals surface area contributed by atoms with Gasteiger partial charge in [0.1, 0.15) is 16.5 Å². The average molecular weight is 336 g/mol. The van der Waals surface area contributed by atoms with Crippen LogP contribution >= 0.6 is 27.3 Å². The molecule has 0 saturated carbocycles. The number of phenols is 1. The van der Waals surface area contributed by atoms with Gasteiger partial charge in [0, 0.05) is 4.47 Å². The molecule has 96 valence electrons. The Labute approximate surface area is 122 Å². The van der Waals surface area contributed by atoms with E-state index in [4.69, 9.17) is 4.74 Å². The van der Waals surface area contributed by atoms with Crippen molar-refractivity contribution in [3.8, 4) is 22.1 Å². The van der Waals surface area contributed by atoms with E-state index in [0.29, 0.717) is 11.3 Å². The van der Waals surface area contributed by atoms with Crippen LogP contribution in [-0.4, -0.2) is 17.2 Å². The SMILES string of the molecule is COc1ccc(O)c(-c2nc3ccc(Br)cc3s2)c1. The number of nitrogens with zero attached hydrogens (tertiary/aromatic N) is 1. The molecule has 5 heteroatoms.